The van der Waals surface area contributed by atoms with Crippen molar-refractivity contribution in [3.05, 3.63) is 58.6 Å². The predicted molar refractivity (Wildman–Crippen MR) is 101 cm³/mol. The number of benzene rings is 2. The summed E-state index contributed by atoms with van der Waals surface area (Å²) in [6, 6.07) is 13.4. The van der Waals surface area contributed by atoms with Gasteiger partial charge in [0.05, 0.1) is 13.2 Å². The number of rotatable bonds is 9. The molecule has 2 aromatic rings. The zero-order valence-corrected chi connectivity index (χ0v) is 15.8. The van der Waals surface area contributed by atoms with Gasteiger partial charge in [0, 0.05) is 22.7 Å². The first-order valence-electron chi connectivity index (χ1n) is 8.43. The number of halogens is 1. The molecule has 0 aliphatic carbocycles. The van der Waals surface area contributed by atoms with Crippen LogP contribution < -0.4 is 14.8 Å². The fraction of sp³-hybridized carbons (Fsp3) is 0.400. The minimum absolute atomic E-state index is 0.0547. The Kier molecular flexibility index (Phi) is 7.12. The standard InChI is InChI=1S/C20H26ClNO3/c1-4-24-18-7-5-6-16(12-22-20(2,3)14-23)19(18)25-13-15-8-10-17(21)11-9-15/h5-11,22-23H,4,12-14H2,1-3H3. The highest BCUT2D eigenvalue weighted by Gasteiger charge is 2.18. The normalized spacial score (nSPS) is 11.4. The SMILES string of the molecule is CCOc1cccc(CNC(C)(C)CO)c1OCc1ccc(Cl)cc1. The molecule has 2 N–H and O–H groups in total. The highest BCUT2D eigenvalue weighted by Crippen LogP contribution is 2.32. The average Bonchev–Trinajstić information content (AvgIpc) is 2.61. The van der Waals surface area contributed by atoms with Gasteiger partial charge in [0.15, 0.2) is 11.5 Å². The Morgan fingerprint density at radius 2 is 1.80 bits per heavy atom. The van der Waals surface area contributed by atoms with Gasteiger partial charge in [0.25, 0.3) is 0 Å². The summed E-state index contributed by atoms with van der Waals surface area (Å²) in [5, 5.41) is 13.5. The van der Waals surface area contributed by atoms with Crippen LogP contribution in [0.1, 0.15) is 31.9 Å². The number of ether oxygens (including phenoxy) is 2. The molecule has 0 unspecified atom stereocenters. The lowest BCUT2D eigenvalue weighted by Gasteiger charge is -2.25. The first-order valence-corrected chi connectivity index (χ1v) is 8.81. The lowest BCUT2D eigenvalue weighted by molar-refractivity contribution is 0.186. The van der Waals surface area contributed by atoms with Gasteiger partial charge in [0.2, 0.25) is 0 Å². The Hall–Kier alpha value is -1.75. The summed E-state index contributed by atoms with van der Waals surface area (Å²) in [5.41, 5.74) is 1.65. The van der Waals surface area contributed by atoms with Crippen LogP contribution >= 0.6 is 11.6 Å². The van der Waals surface area contributed by atoms with E-state index in [9.17, 15) is 5.11 Å². The molecule has 0 radical (unpaired) electrons. The molecule has 0 aliphatic heterocycles. The van der Waals surface area contributed by atoms with Gasteiger partial charge < -0.3 is 19.9 Å². The molecule has 4 nitrogen and oxygen atoms in total. The second-order valence-corrected chi connectivity index (χ2v) is 6.92. The molecule has 0 saturated heterocycles. The van der Waals surface area contributed by atoms with Gasteiger partial charge in [-0.1, -0.05) is 35.9 Å². The maximum atomic E-state index is 9.43. The highest BCUT2D eigenvalue weighted by atomic mass is 35.5. The maximum Gasteiger partial charge on any atom is 0.166 e. The van der Waals surface area contributed by atoms with Crippen molar-refractivity contribution in [1.29, 1.82) is 0 Å². The number of aliphatic hydroxyl groups excluding tert-OH is 1. The molecule has 0 aliphatic rings. The van der Waals surface area contributed by atoms with Crippen molar-refractivity contribution in [3.8, 4) is 11.5 Å². The van der Waals surface area contributed by atoms with E-state index in [1.165, 1.54) is 0 Å². The van der Waals surface area contributed by atoms with E-state index in [4.69, 9.17) is 21.1 Å². The minimum atomic E-state index is -0.366. The molecule has 5 heteroatoms. The van der Waals surface area contributed by atoms with E-state index in [0.29, 0.717) is 24.8 Å². The third kappa shape index (κ3) is 5.92. The summed E-state index contributed by atoms with van der Waals surface area (Å²) in [5.74, 6) is 1.44. The zero-order chi connectivity index (χ0) is 18.3. The van der Waals surface area contributed by atoms with E-state index in [-0.39, 0.29) is 12.1 Å². The molecule has 0 atom stereocenters. The van der Waals surface area contributed by atoms with Gasteiger partial charge in [-0.2, -0.15) is 0 Å². The lowest BCUT2D eigenvalue weighted by Crippen LogP contribution is -2.42. The third-order valence-corrected chi connectivity index (χ3v) is 4.06. The van der Waals surface area contributed by atoms with Crippen LogP contribution in [0.25, 0.3) is 0 Å². The molecular weight excluding hydrogens is 338 g/mol. The molecule has 0 heterocycles. The Balaban J connectivity index is 2.18. The zero-order valence-electron chi connectivity index (χ0n) is 15.0. The van der Waals surface area contributed by atoms with Gasteiger partial charge in [-0.15, -0.1) is 0 Å². The van der Waals surface area contributed by atoms with Crippen LogP contribution in [0.3, 0.4) is 0 Å². The first-order chi connectivity index (χ1) is 11.9. The van der Waals surface area contributed by atoms with Crippen molar-refractivity contribution in [2.24, 2.45) is 0 Å². The first kappa shape index (κ1) is 19.6. The van der Waals surface area contributed by atoms with Crippen molar-refractivity contribution in [2.45, 2.75) is 39.5 Å². The van der Waals surface area contributed by atoms with Crippen LogP contribution in [0.5, 0.6) is 11.5 Å². The Morgan fingerprint density at radius 3 is 2.44 bits per heavy atom. The molecule has 0 aromatic heterocycles. The van der Waals surface area contributed by atoms with E-state index in [0.717, 1.165) is 22.6 Å². The summed E-state index contributed by atoms with van der Waals surface area (Å²) in [7, 11) is 0. The quantitative estimate of drug-likeness (QED) is 0.701. The molecule has 0 spiro atoms. The molecule has 0 saturated carbocycles. The van der Waals surface area contributed by atoms with Crippen molar-refractivity contribution < 1.29 is 14.6 Å². The number of para-hydroxylation sites is 1. The Morgan fingerprint density at radius 1 is 1.08 bits per heavy atom. The Bertz CT molecular complexity index is 671. The van der Waals surface area contributed by atoms with Gasteiger partial charge in [-0.25, -0.2) is 0 Å². The summed E-state index contributed by atoms with van der Waals surface area (Å²) in [6.45, 7) is 7.47. The van der Waals surface area contributed by atoms with Crippen LogP contribution in [0.2, 0.25) is 5.02 Å². The van der Waals surface area contributed by atoms with Crippen LogP contribution in [0, 0.1) is 0 Å². The fourth-order valence-electron chi connectivity index (χ4n) is 2.26. The van der Waals surface area contributed by atoms with Gasteiger partial charge >= 0.3 is 0 Å². The number of hydrogen-bond acceptors (Lipinski definition) is 4. The maximum absolute atomic E-state index is 9.43. The largest absolute Gasteiger partial charge is 0.490 e. The average molecular weight is 364 g/mol. The molecule has 0 bridgehead atoms. The van der Waals surface area contributed by atoms with Gasteiger partial charge in [0.1, 0.15) is 6.61 Å². The van der Waals surface area contributed by atoms with Gasteiger partial charge in [-0.3, -0.25) is 0 Å². The number of nitrogens with one attached hydrogen (secondary N) is 1. The topological polar surface area (TPSA) is 50.7 Å². The molecule has 25 heavy (non-hydrogen) atoms. The smallest absolute Gasteiger partial charge is 0.166 e. The van der Waals surface area contributed by atoms with E-state index < -0.39 is 0 Å². The van der Waals surface area contributed by atoms with E-state index in [1.54, 1.807) is 0 Å². The van der Waals surface area contributed by atoms with Crippen LogP contribution in [0.15, 0.2) is 42.5 Å². The second kappa shape index (κ2) is 9.09. The van der Waals surface area contributed by atoms with Gasteiger partial charge in [-0.05, 0) is 44.5 Å². The summed E-state index contributed by atoms with van der Waals surface area (Å²) in [6.07, 6.45) is 0. The molecule has 2 rings (SSSR count). The number of aliphatic hydroxyl groups is 1. The summed E-state index contributed by atoms with van der Waals surface area (Å²) < 4.78 is 11.8. The fourth-order valence-corrected chi connectivity index (χ4v) is 2.39. The molecular formula is C20H26ClNO3. The van der Waals surface area contributed by atoms with Crippen molar-refractivity contribution in [3.63, 3.8) is 0 Å². The lowest BCUT2D eigenvalue weighted by atomic mass is 10.1. The van der Waals surface area contributed by atoms with E-state index in [1.807, 2.05) is 63.2 Å². The monoisotopic (exact) mass is 363 g/mol. The van der Waals surface area contributed by atoms with Crippen molar-refractivity contribution in [1.82, 2.24) is 5.32 Å². The summed E-state index contributed by atoms with van der Waals surface area (Å²) >= 11 is 5.93. The van der Waals surface area contributed by atoms with Crippen molar-refractivity contribution >= 4 is 11.6 Å². The van der Waals surface area contributed by atoms with Crippen molar-refractivity contribution in [2.75, 3.05) is 13.2 Å². The molecule has 2 aromatic carbocycles. The second-order valence-electron chi connectivity index (χ2n) is 6.49. The third-order valence-electron chi connectivity index (χ3n) is 3.81. The predicted octanol–water partition coefficient (Wildman–Crippen LogP) is 4.18. The summed E-state index contributed by atoms with van der Waals surface area (Å²) in [4.78, 5) is 0. The molecule has 0 fully saturated rings. The molecule has 136 valence electrons. The van der Waals surface area contributed by atoms with E-state index in [2.05, 4.69) is 5.32 Å². The highest BCUT2D eigenvalue weighted by molar-refractivity contribution is 6.30. The van der Waals surface area contributed by atoms with E-state index >= 15 is 0 Å². The Labute approximate surface area is 154 Å². The minimum Gasteiger partial charge on any atom is -0.490 e. The van der Waals surface area contributed by atoms with Crippen LogP contribution in [-0.2, 0) is 13.2 Å². The van der Waals surface area contributed by atoms with Crippen LogP contribution in [0.4, 0.5) is 0 Å². The molecule has 0 amide bonds. The van der Waals surface area contributed by atoms with Crippen LogP contribution in [-0.4, -0.2) is 23.9 Å². The number of hydrogen-bond donors (Lipinski definition) is 2.